The second-order valence-corrected chi connectivity index (χ2v) is 6.32. The van der Waals surface area contributed by atoms with Crippen LogP contribution in [0, 0.1) is 5.92 Å². The van der Waals surface area contributed by atoms with Crippen LogP contribution < -0.4 is 11.1 Å². The van der Waals surface area contributed by atoms with Gasteiger partial charge in [-0.15, -0.1) is 0 Å². The third kappa shape index (κ3) is 5.65. The van der Waals surface area contributed by atoms with Gasteiger partial charge in [-0.25, -0.2) is 0 Å². The molecule has 0 bridgehead atoms. The van der Waals surface area contributed by atoms with Crippen LogP contribution in [0.1, 0.15) is 59.3 Å². The van der Waals surface area contributed by atoms with Crippen LogP contribution in [0.2, 0.25) is 0 Å². The van der Waals surface area contributed by atoms with Gasteiger partial charge in [0.25, 0.3) is 0 Å². The SMILES string of the molecule is CCCN(CCC)C(=O)CCC(=O)NC(C)(CN)C1CC1. The minimum atomic E-state index is -0.299. The van der Waals surface area contributed by atoms with Gasteiger partial charge in [0.1, 0.15) is 0 Å². The van der Waals surface area contributed by atoms with E-state index in [1.54, 1.807) is 0 Å². The number of carbonyl (C=O) groups excluding carboxylic acids is 2. The van der Waals surface area contributed by atoms with Gasteiger partial charge in [0.15, 0.2) is 0 Å². The molecule has 0 radical (unpaired) electrons. The number of hydrogen-bond donors (Lipinski definition) is 2. The highest BCUT2D eigenvalue weighted by Gasteiger charge is 2.41. The standard InChI is InChI=1S/C16H31N3O2/c1-4-10-19(11-5-2)15(21)9-8-14(20)18-16(3,12-17)13-6-7-13/h13H,4-12,17H2,1-3H3,(H,18,20). The molecule has 21 heavy (non-hydrogen) atoms. The lowest BCUT2D eigenvalue weighted by atomic mass is 9.95. The summed E-state index contributed by atoms with van der Waals surface area (Å²) >= 11 is 0. The van der Waals surface area contributed by atoms with Crippen molar-refractivity contribution in [3.05, 3.63) is 0 Å². The molecule has 3 N–H and O–H groups in total. The average Bonchev–Trinajstić information content (AvgIpc) is 3.29. The Morgan fingerprint density at radius 3 is 2.19 bits per heavy atom. The van der Waals surface area contributed by atoms with Gasteiger partial charge in [-0.05, 0) is 38.5 Å². The summed E-state index contributed by atoms with van der Waals surface area (Å²) in [5, 5.41) is 3.03. The van der Waals surface area contributed by atoms with E-state index in [9.17, 15) is 9.59 Å². The molecule has 0 aliphatic heterocycles. The summed E-state index contributed by atoms with van der Waals surface area (Å²) in [5.41, 5.74) is 5.49. The molecule has 0 saturated heterocycles. The Labute approximate surface area is 128 Å². The summed E-state index contributed by atoms with van der Waals surface area (Å²) in [5.74, 6) is 0.518. The summed E-state index contributed by atoms with van der Waals surface area (Å²) in [7, 11) is 0. The molecular formula is C16H31N3O2. The average molecular weight is 297 g/mol. The highest BCUT2D eigenvalue weighted by Crippen LogP contribution is 2.38. The van der Waals surface area contributed by atoms with E-state index in [0.717, 1.165) is 38.8 Å². The molecule has 1 atom stereocenters. The molecule has 1 unspecified atom stereocenters. The van der Waals surface area contributed by atoms with E-state index in [1.165, 1.54) is 0 Å². The summed E-state index contributed by atoms with van der Waals surface area (Å²) in [6, 6.07) is 0. The molecule has 1 aliphatic rings. The summed E-state index contributed by atoms with van der Waals surface area (Å²) in [4.78, 5) is 26.0. The molecule has 2 amide bonds. The fourth-order valence-corrected chi connectivity index (χ4v) is 2.70. The predicted molar refractivity (Wildman–Crippen MR) is 84.7 cm³/mol. The molecule has 122 valence electrons. The Balaban J connectivity index is 2.38. The van der Waals surface area contributed by atoms with Crippen LogP contribution in [0.5, 0.6) is 0 Å². The largest absolute Gasteiger partial charge is 0.349 e. The van der Waals surface area contributed by atoms with E-state index in [1.807, 2.05) is 11.8 Å². The molecule has 5 heteroatoms. The highest BCUT2D eigenvalue weighted by atomic mass is 16.2. The maximum absolute atomic E-state index is 12.1. The van der Waals surface area contributed by atoms with Crippen LogP contribution in [0.4, 0.5) is 0 Å². The first kappa shape index (κ1) is 18.0. The summed E-state index contributed by atoms with van der Waals surface area (Å²) in [6.07, 6.45) is 4.71. The van der Waals surface area contributed by atoms with E-state index < -0.39 is 0 Å². The van der Waals surface area contributed by atoms with Crippen LogP contribution in [-0.2, 0) is 9.59 Å². The lowest BCUT2D eigenvalue weighted by molar-refractivity contribution is -0.134. The number of rotatable bonds is 10. The monoisotopic (exact) mass is 297 g/mol. The van der Waals surface area contributed by atoms with E-state index in [-0.39, 0.29) is 30.2 Å². The molecule has 1 rings (SSSR count). The first-order valence-corrected chi connectivity index (χ1v) is 8.25. The number of nitrogens with one attached hydrogen (secondary N) is 1. The number of hydrogen-bond acceptors (Lipinski definition) is 3. The fraction of sp³-hybridized carbons (Fsp3) is 0.875. The zero-order valence-electron chi connectivity index (χ0n) is 13.8. The molecule has 1 saturated carbocycles. The Morgan fingerprint density at radius 2 is 1.76 bits per heavy atom. The Morgan fingerprint density at radius 1 is 1.19 bits per heavy atom. The lowest BCUT2D eigenvalue weighted by Gasteiger charge is -2.29. The fourth-order valence-electron chi connectivity index (χ4n) is 2.70. The van der Waals surface area contributed by atoms with Crippen LogP contribution in [0.25, 0.3) is 0 Å². The van der Waals surface area contributed by atoms with Gasteiger partial charge in [-0.2, -0.15) is 0 Å². The topological polar surface area (TPSA) is 75.4 Å². The van der Waals surface area contributed by atoms with E-state index in [4.69, 9.17) is 5.73 Å². The maximum Gasteiger partial charge on any atom is 0.223 e. The quantitative estimate of drug-likeness (QED) is 0.644. The molecule has 1 fully saturated rings. The molecule has 0 heterocycles. The number of nitrogens with two attached hydrogens (primary N) is 1. The van der Waals surface area contributed by atoms with Gasteiger partial charge in [-0.1, -0.05) is 13.8 Å². The number of nitrogens with zero attached hydrogens (tertiary/aromatic N) is 1. The first-order chi connectivity index (χ1) is 9.96. The highest BCUT2D eigenvalue weighted by molar-refractivity contribution is 5.84. The van der Waals surface area contributed by atoms with Gasteiger partial charge in [0, 0.05) is 32.5 Å². The van der Waals surface area contributed by atoms with Crippen molar-refractivity contribution in [2.45, 2.75) is 64.8 Å². The zero-order chi connectivity index (χ0) is 15.9. The lowest BCUT2D eigenvalue weighted by Crippen LogP contribution is -2.53. The normalized spacial score (nSPS) is 17.1. The van der Waals surface area contributed by atoms with Crippen molar-refractivity contribution in [1.82, 2.24) is 10.2 Å². The molecule has 0 aromatic heterocycles. The van der Waals surface area contributed by atoms with Crippen LogP contribution in [0.3, 0.4) is 0 Å². The second-order valence-electron chi connectivity index (χ2n) is 6.32. The molecule has 0 aromatic rings. The van der Waals surface area contributed by atoms with E-state index in [0.29, 0.717) is 12.5 Å². The van der Waals surface area contributed by atoms with Crippen molar-refractivity contribution < 1.29 is 9.59 Å². The Kier molecular flexibility index (Phi) is 7.15. The van der Waals surface area contributed by atoms with Gasteiger partial charge in [-0.3, -0.25) is 9.59 Å². The first-order valence-electron chi connectivity index (χ1n) is 8.25. The zero-order valence-corrected chi connectivity index (χ0v) is 13.8. The van der Waals surface area contributed by atoms with Crippen molar-refractivity contribution >= 4 is 11.8 Å². The third-order valence-electron chi connectivity index (χ3n) is 4.23. The van der Waals surface area contributed by atoms with Gasteiger partial charge in [0.2, 0.25) is 11.8 Å². The van der Waals surface area contributed by atoms with E-state index >= 15 is 0 Å². The van der Waals surface area contributed by atoms with Gasteiger partial charge < -0.3 is 16.0 Å². The Bertz CT molecular complexity index is 349. The minimum absolute atomic E-state index is 0.0591. The molecule has 0 spiro atoms. The van der Waals surface area contributed by atoms with Crippen molar-refractivity contribution in [2.24, 2.45) is 11.7 Å². The van der Waals surface area contributed by atoms with Crippen molar-refractivity contribution in [3.63, 3.8) is 0 Å². The molecule has 0 aromatic carbocycles. The predicted octanol–water partition coefficient (Wildman–Crippen LogP) is 1.66. The Hall–Kier alpha value is -1.10. The summed E-state index contributed by atoms with van der Waals surface area (Å²) < 4.78 is 0. The maximum atomic E-state index is 12.1. The van der Waals surface area contributed by atoms with Gasteiger partial charge >= 0.3 is 0 Å². The number of amides is 2. The van der Waals surface area contributed by atoms with Crippen molar-refractivity contribution in [3.8, 4) is 0 Å². The number of carbonyl (C=O) groups is 2. The molecule has 5 nitrogen and oxygen atoms in total. The smallest absolute Gasteiger partial charge is 0.223 e. The molecule has 1 aliphatic carbocycles. The molecular weight excluding hydrogens is 266 g/mol. The van der Waals surface area contributed by atoms with Crippen molar-refractivity contribution in [1.29, 1.82) is 0 Å². The van der Waals surface area contributed by atoms with Crippen molar-refractivity contribution in [2.75, 3.05) is 19.6 Å². The minimum Gasteiger partial charge on any atom is -0.349 e. The summed E-state index contributed by atoms with van der Waals surface area (Å²) in [6.45, 7) is 8.13. The van der Waals surface area contributed by atoms with Crippen LogP contribution >= 0.6 is 0 Å². The van der Waals surface area contributed by atoms with Crippen LogP contribution in [0.15, 0.2) is 0 Å². The van der Waals surface area contributed by atoms with Gasteiger partial charge in [0.05, 0.1) is 5.54 Å². The van der Waals surface area contributed by atoms with Crippen LogP contribution in [-0.4, -0.2) is 41.9 Å². The third-order valence-corrected chi connectivity index (χ3v) is 4.23. The second kappa shape index (κ2) is 8.37. The van der Waals surface area contributed by atoms with E-state index in [2.05, 4.69) is 19.2 Å².